The first-order valence-electron chi connectivity index (χ1n) is 9.06. The van der Waals surface area contributed by atoms with Crippen molar-refractivity contribution in [3.63, 3.8) is 0 Å². The molecule has 0 spiro atoms. The second kappa shape index (κ2) is 8.52. The summed E-state index contributed by atoms with van der Waals surface area (Å²) in [5, 5.41) is 10.9. The quantitative estimate of drug-likeness (QED) is 0.717. The lowest BCUT2D eigenvalue weighted by Crippen LogP contribution is -2.49. The Morgan fingerprint density at radius 2 is 2.04 bits per heavy atom. The molecule has 1 unspecified atom stereocenters. The molecule has 0 aliphatic carbocycles. The number of nitrogens with zero attached hydrogens (tertiary/aromatic N) is 3. The molecule has 1 saturated heterocycles. The molecule has 1 aliphatic rings. The van der Waals surface area contributed by atoms with Gasteiger partial charge in [-0.3, -0.25) is 9.69 Å². The van der Waals surface area contributed by atoms with Crippen LogP contribution in [0.4, 0.5) is 0 Å². The van der Waals surface area contributed by atoms with Crippen LogP contribution in [0.1, 0.15) is 18.0 Å². The Hall–Kier alpha value is -1.41. The largest absolute Gasteiger partial charge is 0.480 e. The summed E-state index contributed by atoms with van der Waals surface area (Å²) in [4.78, 5) is 22.0. The fourth-order valence-corrected chi connectivity index (χ4v) is 4.05. The zero-order chi connectivity index (χ0) is 18.7. The highest BCUT2D eigenvalue weighted by atomic mass is 79.9. The minimum absolute atomic E-state index is 0.603. The molecule has 1 aromatic heterocycles. The van der Waals surface area contributed by atoms with E-state index in [1.54, 1.807) is 0 Å². The molecule has 142 valence electrons. The first-order valence-corrected chi connectivity index (χ1v) is 9.85. The number of hydrogen-bond acceptors (Lipinski definition) is 4. The second-order valence-corrected chi connectivity index (χ2v) is 8.12. The van der Waals surface area contributed by atoms with Crippen LogP contribution < -0.4 is 0 Å². The summed E-state index contributed by atoms with van der Waals surface area (Å²) in [6, 6.07) is 5.33. The second-order valence-electron chi connectivity index (χ2n) is 7.21. The van der Waals surface area contributed by atoms with Crippen LogP contribution in [0.15, 0.2) is 28.9 Å². The lowest BCUT2D eigenvalue weighted by molar-refractivity contribution is -0.144. The van der Waals surface area contributed by atoms with Crippen molar-refractivity contribution in [2.45, 2.75) is 12.5 Å². The van der Waals surface area contributed by atoms with E-state index in [1.165, 1.54) is 0 Å². The first-order chi connectivity index (χ1) is 12.5. The van der Waals surface area contributed by atoms with Gasteiger partial charge in [0.1, 0.15) is 6.04 Å². The summed E-state index contributed by atoms with van der Waals surface area (Å²) >= 11 is 3.47. The fraction of sp³-hybridized carbons (Fsp3) is 0.526. The van der Waals surface area contributed by atoms with Crippen molar-refractivity contribution < 1.29 is 9.90 Å². The highest BCUT2D eigenvalue weighted by Gasteiger charge is 2.31. The molecule has 2 heterocycles. The van der Waals surface area contributed by atoms with Gasteiger partial charge in [-0.15, -0.1) is 0 Å². The van der Waals surface area contributed by atoms with Crippen LogP contribution in [0.3, 0.4) is 0 Å². The zero-order valence-electron chi connectivity index (χ0n) is 15.4. The van der Waals surface area contributed by atoms with Crippen LogP contribution in [0, 0.1) is 0 Å². The minimum atomic E-state index is -0.783. The van der Waals surface area contributed by atoms with Gasteiger partial charge in [-0.05, 0) is 45.7 Å². The lowest BCUT2D eigenvalue weighted by atomic mass is 10.0. The molecule has 3 rings (SSSR count). The van der Waals surface area contributed by atoms with Crippen molar-refractivity contribution in [3.8, 4) is 0 Å². The molecule has 1 aromatic carbocycles. The van der Waals surface area contributed by atoms with Crippen molar-refractivity contribution >= 4 is 32.8 Å². The predicted octanol–water partition coefficient (Wildman–Crippen LogP) is 2.63. The number of carboxylic acid groups (broad SMARTS) is 1. The maximum Gasteiger partial charge on any atom is 0.325 e. The number of carbonyl (C=O) groups is 1. The zero-order valence-corrected chi connectivity index (χ0v) is 17.0. The van der Waals surface area contributed by atoms with Gasteiger partial charge in [0.25, 0.3) is 0 Å². The molecule has 0 saturated carbocycles. The summed E-state index contributed by atoms with van der Waals surface area (Å²) < 4.78 is 0.983. The molecule has 7 heteroatoms. The molecule has 1 fully saturated rings. The van der Waals surface area contributed by atoms with Gasteiger partial charge in [-0.2, -0.15) is 0 Å². The van der Waals surface area contributed by atoms with Crippen molar-refractivity contribution in [2.75, 3.05) is 53.4 Å². The molecular formula is C19H27BrN4O2. The number of aromatic amines is 1. The maximum absolute atomic E-state index is 12.1. The van der Waals surface area contributed by atoms with Crippen molar-refractivity contribution in [2.24, 2.45) is 0 Å². The molecule has 26 heavy (non-hydrogen) atoms. The third-order valence-electron chi connectivity index (χ3n) is 5.06. The number of benzene rings is 1. The summed E-state index contributed by atoms with van der Waals surface area (Å²) in [5.74, 6) is -0.783. The molecule has 2 N–H and O–H groups in total. The Labute approximate surface area is 162 Å². The average molecular weight is 423 g/mol. The predicted molar refractivity (Wildman–Crippen MR) is 108 cm³/mol. The Bertz CT molecular complexity index is 753. The van der Waals surface area contributed by atoms with E-state index in [0.717, 1.165) is 66.6 Å². The van der Waals surface area contributed by atoms with Crippen LogP contribution >= 0.6 is 15.9 Å². The van der Waals surface area contributed by atoms with E-state index in [2.05, 4.69) is 49.7 Å². The molecule has 2 aromatic rings. The standard InChI is InChI=1S/C19H27BrN4O2/c1-22(2)6-3-7-23-8-10-24(11-9-23)18(19(25)26)16-13-21-17-12-14(20)4-5-15(16)17/h4-5,12-13,18,21H,3,6-11H2,1-2H3,(H,25,26). The highest BCUT2D eigenvalue weighted by molar-refractivity contribution is 9.10. The molecular weight excluding hydrogens is 396 g/mol. The first kappa shape index (κ1) is 19.4. The number of aliphatic carboxylic acids is 1. The summed E-state index contributed by atoms with van der Waals surface area (Å²) in [7, 11) is 4.18. The summed E-state index contributed by atoms with van der Waals surface area (Å²) in [5.41, 5.74) is 1.81. The molecule has 0 bridgehead atoms. The highest BCUT2D eigenvalue weighted by Crippen LogP contribution is 2.31. The third-order valence-corrected chi connectivity index (χ3v) is 5.55. The van der Waals surface area contributed by atoms with Crippen LogP contribution in [0.2, 0.25) is 0 Å². The smallest absolute Gasteiger partial charge is 0.325 e. The Morgan fingerprint density at radius 1 is 1.31 bits per heavy atom. The third kappa shape index (κ3) is 4.46. The molecule has 0 amide bonds. The Kier molecular flexibility index (Phi) is 6.34. The number of halogens is 1. The number of nitrogens with one attached hydrogen (secondary N) is 1. The number of piperazine rings is 1. The monoisotopic (exact) mass is 422 g/mol. The molecule has 0 radical (unpaired) electrons. The lowest BCUT2D eigenvalue weighted by Gasteiger charge is -2.37. The van der Waals surface area contributed by atoms with Crippen molar-refractivity contribution in [3.05, 3.63) is 34.4 Å². The van der Waals surface area contributed by atoms with Gasteiger partial charge in [0.05, 0.1) is 0 Å². The van der Waals surface area contributed by atoms with Crippen LogP contribution in [0.5, 0.6) is 0 Å². The number of carboxylic acids is 1. The van der Waals surface area contributed by atoms with Crippen LogP contribution in [-0.4, -0.2) is 84.1 Å². The summed E-state index contributed by atoms with van der Waals surface area (Å²) in [6.45, 7) is 5.56. The van der Waals surface area contributed by atoms with Crippen LogP contribution in [-0.2, 0) is 4.79 Å². The normalized spacial score (nSPS) is 17.8. The molecule has 6 nitrogen and oxygen atoms in total. The van der Waals surface area contributed by atoms with Crippen molar-refractivity contribution in [1.82, 2.24) is 19.7 Å². The average Bonchev–Trinajstić information content (AvgIpc) is 2.98. The van der Waals surface area contributed by atoms with Gasteiger partial charge in [-0.1, -0.05) is 22.0 Å². The number of aromatic nitrogens is 1. The van der Waals surface area contributed by atoms with Gasteiger partial charge in [0.15, 0.2) is 0 Å². The van der Waals surface area contributed by atoms with E-state index in [4.69, 9.17) is 0 Å². The van der Waals surface area contributed by atoms with E-state index in [-0.39, 0.29) is 0 Å². The van der Waals surface area contributed by atoms with E-state index in [0.29, 0.717) is 0 Å². The Morgan fingerprint density at radius 3 is 2.69 bits per heavy atom. The Balaban J connectivity index is 1.68. The molecule has 1 aliphatic heterocycles. The topological polar surface area (TPSA) is 62.8 Å². The van der Waals surface area contributed by atoms with E-state index >= 15 is 0 Å². The summed E-state index contributed by atoms with van der Waals surface area (Å²) in [6.07, 6.45) is 2.99. The van der Waals surface area contributed by atoms with Gasteiger partial charge < -0.3 is 19.9 Å². The number of fused-ring (bicyclic) bond motifs is 1. The van der Waals surface area contributed by atoms with Gasteiger partial charge in [0, 0.05) is 53.3 Å². The van der Waals surface area contributed by atoms with E-state index in [9.17, 15) is 9.90 Å². The molecule has 1 atom stereocenters. The maximum atomic E-state index is 12.1. The fourth-order valence-electron chi connectivity index (χ4n) is 3.69. The van der Waals surface area contributed by atoms with Gasteiger partial charge >= 0.3 is 5.97 Å². The minimum Gasteiger partial charge on any atom is -0.480 e. The van der Waals surface area contributed by atoms with E-state index < -0.39 is 12.0 Å². The van der Waals surface area contributed by atoms with Gasteiger partial charge in [0.2, 0.25) is 0 Å². The van der Waals surface area contributed by atoms with E-state index in [1.807, 2.05) is 24.4 Å². The number of hydrogen-bond donors (Lipinski definition) is 2. The number of rotatable bonds is 7. The number of H-pyrrole nitrogens is 1. The van der Waals surface area contributed by atoms with Gasteiger partial charge in [-0.25, -0.2) is 0 Å². The SMILES string of the molecule is CN(C)CCCN1CCN(C(C(=O)O)c2c[nH]c3cc(Br)ccc23)CC1. The van der Waals surface area contributed by atoms with Crippen LogP contribution in [0.25, 0.3) is 10.9 Å². The van der Waals surface area contributed by atoms with Crippen molar-refractivity contribution in [1.29, 1.82) is 0 Å².